The number of anilines is 2. The summed E-state index contributed by atoms with van der Waals surface area (Å²) in [7, 11) is 1.40. The van der Waals surface area contributed by atoms with Gasteiger partial charge in [-0.05, 0) is 42.5 Å². The molecule has 1 aliphatic carbocycles. The third-order valence-electron chi connectivity index (χ3n) is 4.47. The Morgan fingerprint density at radius 3 is 2.68 bits per heavy atom. The number of ether oxygens (including phenoxy) is 1. The van der Waals surface area contributed by atoms with Gasteiger partial charge in [0.05, 0.1) is 18.3 Å². The number of hydrogen-bond acceptors (Lipinski definition) is 7. The van der Waals surface area contributed by atoms with Crippen LogP contribution >= 0.6 is 22.7 Å². The van der Waals surface area contributed by atoms with Crippen LogP contribution in [0.25, 0.3) is 10.4 Å². The van der Waals surface area contributed by atoms with Gasteiger partial charge < -0.3 is 15.4 Å². The molecule has 1 aliphatic rings. The Morgan fingerprint density at radius 1 is 1.25 bits per heavy atom. The summed E-state index contributed by atoms with van der Waals surface area (Å²) in [6.45, 7) is 0.877. The number of nitrogens with zero attached hydrogens (tertiary/aromatic N) is 1. The Morgan fingerprint density at radius 2 is 2.04 bits per heavy atom. The van der Waals surface area contributed by atoms with E-state index in [1.165, 1.54) is 42.6 Å². The van der Waals surface area contributed by atoms with E-state index in [-0.39, 0.29) is 11.9 Å². The second-order valence-electron chi connectivity index (χ2n) is 6.57. The molecule has 0 atom stereocenters. The summed E-state index contributed by atoms with van der Waals surface area (Å²) < 4.78 is 4.93. The van der Waals surface area contributed by atoms with Crippen molar-refractivity contribution >= 4 is 45.9 Å². The predicted octanol–water partition coefficient (Wildman–Crippen LogP) is 4.73. The van der Waals surface area contributed by atoms with Crippen LogP contribution in [-0.4, -0.2) is 30.5 Å². The van der Waals surface area contributed by atoms with Crippen molar-refractivity contribution < 1.29 is 14.3 Å². The highest BCUT2D eigenvalue weighted by atomic mass is 32.1. The summed E-state index contributed by atoms with van der Waals surface area (Å²) >= 11 is 2.78. The number of amides is 1. The molecule has 0 aliphatic heterocycles. The predicted molar refractivity (Wildman–Crippen MR) is 112 cm³/mol. The second kappa shape index (κ2) is 8.12. The molecule has 0 saturated heterocycles. The fourth-order valence-electron chi connectivity index (χ4n) is 2.72. The van der Waals surface area contributed by atoms with E-state index in [9.17, 15) is 9.59 Å². The Balaban J connectivity index is 1.51. The highest BCUT2D eigenvalue weighted by molar-refractivity contribution is 7.18. The summed E-state index contributed by atoms with van der Waals surface area (Å²) in [6, 6.07) is 9.52. The number of carbonyl (C=O) groups excluding carboxylic acids is 2. The highest BCUT2D eigenvalue weighted by Gasteiger charge is 2.23. The van der Waals surface area contributed by atoms with E-state index in [4.69, 9.17) is 4.74 Å². The van der Waals surface area contributed by atoms with Gasteiger partial charge in [0, 0.05) is 22.5 Å². The molecular weight excluding hydrogens is 394 g/mol. The van der Waals surface area contributed by atoms with E-state index in [0.29, 0.717) is 22.2 Å². The van der Waals surface area contributed by atoms with Gasteiger partial charge in [0.25, 0.3) is 5.91 Å². The molecule has 0 spiro atoms. The summed E-state index contributed by atoms with van der Waals surface area (Å²) in [5, 5.41) is 7.92. The van der Waals surface area contributed by atoms with Gasteiger partial charge in [-0.1, -0.05) is 12.1 Å². The van der Waals surface area contributed by atoms with Gasteiger partial charge in [0.15, 0.2) is 0 Å². The molecule has 28 heavy (non-hydrogen) atoms. The van der Waals surface area contributed by atoms with E-state index >= 15 is 0 Å². The maximum Gasteiger partial charge on any atom is 0.350 e. The summed E-state index contributed by atoms with van der Waals surface area (Å²) in [5.74, 6) is 0.140. The minimum absolute atomic E-state index is 0.232. The Hall–Kier alpha value is -2.71. The average molecular weight is 414 g/mol. The maximum atomic E-state index is 12.1. The molecule has 0 radical (unpaired) electrons. The number of nitrogens with one attached hydrogen (secondary N) is 2. The lowest BCUT2D eigenvalue weighted by Gasteiger charge is -2.05. The quantitative estimate of drug-likeness (QED) is 0.547. The highest BCUT2D eigenvalue weighted by Crippen LogP contribution is 2.37. The smallest absolute Gasteiger partial charge is 0.350 e. The number of hydrogen-bond donors (Lipinski definition) is 2. The zero-order valence-electron chi connectivity index (χ0n) is 15.2. The molecule has 2 heterocycles. The fraction of sp³-hybridized carbons (Fsp3) is 0.250. The van der Waals surface area contributed by atoms with Crippen LogP contribution in [0.2, 0.25) is 0 Å². The van der Waals surface area contributed by atoms with Gasteiger partial charge in [0.2, 0.25) is 0 Å². The van der Waals surface area contributed by atoms with E-state index in [1.54, 1.807) is 10.9 Å². The maximum absolute atomic E-state index is 12.1. The molecule has 6 nitrogen and oxygen atoms in total. The van der Waals surface area contributed by atoms with Gasteiger partial charge in [-0.3, -0.25) is 4.79 Å². The van der Waals surface area contributed by atoms with Crippen LogP contribution in [0.5, 0.6) is 0 Å². The molecule has 1 fully saturated rings. The van der Waals surface area contributed by atoms with Crippen molar-refractivity contribution in [3.8, 4) is 10.4 Å². The molecule has 1 aromatic carbocycles. The van der Waals surface area contributed by atoms with Crippen LogP contribution in [0.4, 0.5) is 11.4 Å². The third-order valence-corrected chi connectivity index (χ3v) is 6.22. The van der Waals surface area contributed by atoms with Crippen LogP contribution < -0.4 is 10.6 Å². The Bertz CT molecular complexity index is 977. The van der Waals surface area contributed by atoms with Crippen molar-refractivity contribution in [1.29, 1.82) is 0 Å². The number of aromatic nitrogens is 1. The molecule has 1 saturated carbocycles. The summed E-state index contributed by atoms with van der Waals surface area (Å²) in [4.78, 5) is 29.8. The SMILES string of the molecule is COC(=O)c1sc(-c2ccc(NC(=O)c3cscn3)cc2)cc1NCC1CC1. The number of thiophene rings is 1. The molecular formula is C20H19N3O3S2. The monoisotopic (exact) mass is 413 g/mol. The lowest BCUT2D eigenvalue weighted by Crippen LogP contribution is -2.11. The first-order valence-electron chi connectivity index (χ1n) is 8.90. The zero-order chi connectivity index (χ0) is 19.5. The molecule has 0 bridgehead atoms. The Labute approximate surface area is 170 Å². The summed E-state index contributed by atoms with van der Waals surface area (Å²) in [5.41, 5.74) is 4.52. The number of methoxy groups -OCH3 is 1. The zero-order valence-corrected chi connectivity index (χ0v) is 16.9. The largest absolute Gasteiger partial charge is 0.465 e. The average Bonchev–Trinajstić information content (AvgIpc) is 3.20. The van der Waals surface area contributed by atoms with Gasteiger partial charge in [-0.2, -0.15) is 0 Å². The molecule has 144 valence electrons. The number of rotatable bonds is 7. The van der Waals surface area contributed by atoms with Crippen molar-refractivity contribution in [3.05, 3.63) is 51.8 Å². The molecule has 0 unspecified atom stereocenters. The van der Waals surface area contributed by atoms with Crippen LogP contribution in [-0.2, 0) is 4.74 Å². The molecule has 8 heteroatoms. The summed E-state index contributed by atoms with van der Waals surface area (Å²) in [6.07, 6.45) is 2.48. The topological polar surface area (TPSA) is 80.3 Å². The standard InChI is InChI=1S/C20H19N3O3S2/c1-26-20(25)18-15(21-9-12-2-3-12)8-17(28-18)13-4-6-14(7-5-13)23-19(24)16-10-27-11-22-16/h4-8,10-12,21H,2-3,9H2,1H3,(H,23,24). The van der Waals surface area contributed by atoms with E-state index in [1.807, 2.05) is 30.3 Å². The van der Waals surface area contributed by atoms with E-state index in [0.717, 1.165) is 22.7 Å². The number of carbonyl (C=O) groups is 2. The van der Waals surface area contributed by atoms with E-state index in [2.05, 4.69) is 15.6 Å². The second-order valence-corrected chi connectivity index (χ2v) is 8.35. The minimum atomic E-state index is -0.332. The molecule has 2 aromatic heterocycles. The van der Waals surface area contributed by atoms with Crippen molar-refractivity contribution in [2.24, 2.45) is 5.92 Å². The van der Waals surface area contributed by atoms with Gasteiger partial charge in [-0.25, -0.2) is 9.78 Å². The van der Waals surface area contributed by atoms with Crippen molar-refractivity contribution in [2.45, 2.75) is 12.8 Å². The van der Waals surface area contributed by atoms with Crippen LogP contribution in [0.3, 0.4) is 0 Å². The van der Waals surface area contributed by atoms with Crippen molar-refractivity contribution in [1.82, 2.24) is 4.98 Å². The molecule has 4 rings (SSSR count). The molecule has 2 N–H and O–H groups in total. The third kappa shape index (κ3) is 4.23. The van der Waals surface area contributed by atoms with Crippen molar-refractivity contribution in [2.75, 3.05) is 24.3 Å². The van der Waals surface area contributed by atoms with Crippen LogP contribution in [0, 0.1) is 5.92 Å². The minimum Gasteiger partial charge on any atom is -0.465 e. The first-order chi connectivity index (χ1) is 13.6. The molecule has 1 amide bonds. The normalized spacial score (nSPS) is 13.2. The number of esters is 1. The number of thiazole rings is 1. The molecule has 3 aromatic rings. The first-order valence-corrected chi connectivity index (χ1v) is 10.7. The van der Waals surface area contributed by atoms with Crippen LogP contribution in [0.1, 0.15) is 33.0 Å². The van der Waals surface area contributed by atoms with Crippen molar-refractivity contribution in [3.63, 3.8) is 0 Å². The Kier molecular flexibility index (Phi) is 5.40. The number of benzene rings is 1. The van der Waals surface area contributed by atoms with Gasteiger partial charge >= 0.3 is 5.97 Å². The lowest BCUT2D eigenvalue weighted by molar-refractivity contribution is 0.0607. The van der Waals surface area contributed by atoms with Crippen LogP contribution in [0.15, 0.2) is 41.2 Å². The first kappa shape index (κ1) is 18.6. The lowest BCUT2D eigenvalue weighted by atomic mass is 10.1. The van der Waals surface area contributed by atoms with E-state index < -0.39 is 0 Å². The van der Waals surface area contributed by atoms with Gasteiger partial charge in [0.1, 0.15) is 10.6 Å². The van der Waals surface area contributed by atoms with Gasteiger partial charge in [-0.15, -0.1) is 22.7 Å². The fourth-order valence-corrected chi connectivity index (χ4v) is 4.31.